The van der Waals surface area contributed by atoms with Crippen LogP contribution in [-0.4, -0.2) is 28.4 Å². The molecule has 1 aromatic carbocycles. The quantitative estimate of drug-likeness (QED) is 0.563. The molecule has 2 atom stereocenters. The Balaban J connectivity index is 1.21. The van der Waals surface area contributed by atoms with Crippen molar-refractivity contribution in [1.29, 1.82) is 0 Å². The molecule has 34 heavy (non-hydrogen) atoms. The van der Waals surface area contributed by atoms with E-state index in [0.717, 1.165) is 41.7 Å². The summed E-state index contributed by atoms with van der Waals surface area (Å²) in [6.07, 6.45) is 2.50. The average Bonchev–Trinajstić information content (AvgIpc) is 3.20. The van der Waals surface area contributed by atoms with Crippen LogP contribution in [-0.2, 0) is 0 Å². The molecular weight excluding hydrogens is 448 g/mol. The molecule has 1 amide bonds. The second-order valence-corrected chi connectivity index (χ2v) is 11.0. The maximum atomic E-state index is 13.9. The van der Waals surface area contributed by atoms with Crippen molar-refractivity contribution in [3.8, 4) is 0 Å². The maximum absolute atomic E-state index is 13.9. The van der Waals surface area contributed by atoms with E-state index in [-0.39, 0.29) is 23.3 Å². The Labute approximate surface area is 195 Å². The van der Waals surface area contributed by atoms with Crippen LogP contribution in [0.2, 0.25) is 0 Å². The predicted molar refractivity (Wildman–Crippen MR) is 118 cm³/mol. The molecule has 7 rings (SSSR count). The van der Waals surface area contributed by atoms with Crippen molar-refractivity contribution in [2.24, 2.45) is 23.2 Å². The summed E-state index contributed by atoms with van der Waals surface area (Å²) in [6.45, 7) is 0.561. The van der Waals surface area contributed by atoms with Gasteiger partial charge in [-0.2, -0.15) is 18.3 Å². The fourth-order valence-electron chi connectivity index (χ4n) is 7.46. The Kier molecular flexibility index (Phi) is 4.97. The van der Waals surface area contributed by atoms with Gasteiger partial charge in [-0.05, 0) is 79.4 Å². The molecule has 2 aromatic rings. The molecule has 1 aromatic heterocycles. The highest BCUT2D eigenvalue weighted by Gasteiger charge is 2.51. The molecule has 0 unspecified atom stereocenters. The smallest absolute Gasteiger partial charge is 0.363 e. The lowest BCUT2D eigenvalue weighted by Gasteiger charge is -2.56. The van der Waals surface area contributed by atoms with Gasteiger partial charge in [-0.1, -0.05) is 12.1 Å². The van der Waals surface area contributed by atoms with Gasteiger partial charge < -0.3 is 10.6 Å². The van der Waals surface area contributed by atoms with E-state index >= 15 is 0 Å². The second kappa shape index (κ2) is 7.71. The zero-order valence-electron chi connectivity index (χ0n) is 18.7. The molecule has 5 nitrogen and oxygen atoms in total. The van der Waals surface area contributed by atoms with Crippen LogP contribution in [0.25, 0.3) is 0 Å². The van der Waals surface area contributed by atoms with E-state index in [0.29, 0.717) is 12.1 Å². The van der Waals surface area contributed by atoms with Gasteiger partial charge in [-0.3, -0.25) is 4.79 Å². The number of hydrogen-bond donors (Lipinski definition) is 2. The fraction of sp³-hybridized carbons (Fsp3) is 0.600. The van der Waals surface area contributed by atoms with E-state index in [1.165, 1.54) is 49.6 Å². The SMILES string of the molecule is O=C(NCC12CC3CC(CC(C3)C1)C2)c1cc2n(n1)[C@@H](C(F)(F)F)C[C@@H](c1ccc(F)cc1)N2. The molecule has 4 bridgehead atoms. The van der Waals surface area contributed by atoms with Crippen LogP contribution in [0.3, 0.4) is 0 Å². The minimum atomic E-state index is -4.53. The van der Waals surface area contributed by atoms with E-state index in [9.17, 15) is 22.4 Å². The zero-order chi connectivity index (χ0) is 23.7. The molecule has 4 fully saturated rings. The van der Waals surface area contributed by atoms with Gasteiger partial charge in [-0.15, -0.1) is 0 Å². The van der Waals surface area contributed by atoms with E-state index in [4.69, 9.17) is 0 Å². The second-order valence-electron chi connectivity index (χ2n) is 11.0. The molecule has 182 valence electrons. The summed E-state index contributed by atoms with van der Waals surface area (Å²) in [4.78, 5) is 13.0. The number of anilines is 1. The number of halogens is 4. The van der Waals surface area contributed by atoms with E-state index in [2.05, 4.69) is 15.7 Å². The lowest BCUT2D eigenvalue weighted by molar-refractivity contribution is -0.173. The lowest BCUT2D eigenvalue weighted by atomic mass is 9.49. The molecular formula is C25H28F4N4O. The van der Waals surface area contributed by atoms with E-state index < -0.39 is 30.0 Å². The number of carbonyl (C=O) groups excluding carboxylic acids is 1. The van der Waals surface area contributed by atoms with Crippen molar-refractivity contribution in [2.45, 2.75) is 63.2 Å². The fourth-order valence-corrected chi connectivity index (χ4v) is 7.46. The van der Waals surface area contributed by atoms with Gasteiger partial charge >= 0.3 is 6.18 Å². The van der Waals surface area contributed by atoms with Crippen molar-refractivity contribution in [1.82, 2.24) is 15.1 Å². The van der Waals surface area contributed by atoms with Gasteiger partial charge in [0.25, 0.3) is 5.91 Å². The van der Waals surface area contributed by atoms with E-state index in [1.807, 2.05) is 0 Å². The Morgan fingerprint density at radius 2 is 1.68 bits per heavy atom. The number of amides is 1. The minimum absolute atomic E-state index is 0.0127. The summed E-state index contributed by atoms with van der Waals surface area (Å²) in [5.74, 6) is 1.52. The largest absolute Gasteiger partial charge is 0.410 e. The van der Waals surface area contributed by atoms with Crippen molar-refractivity contribution in [3.63, 3.8) is 0 Å². The number of nitrogens with one attached hydrogen (secondary N) is 2. The van der Waals surface area contributed by atoms with Gasteiger partial charge in [0.15, 0.2) is 11.7 Å². The third-order valence-corrected chi connectivity index (χ3v) is 8.48. The highest BCUT2D eigenvalue weighted by molar-refractivity contribution is 5.93. The van der Waals surface area contributed by atoms with Crippen LogP contribution in [0.5, 0.6) is 0 Å². The minimum Gasteiger partial charge on any atom is -0.363 e. The van der Waals surface area contributed by atoms with Crippen LogP contribution in [0.4, 0.5) is 23.4 Å². The molecule has 2 N–H and O–H groups in total. The van der Waals surface area contributed by atoms with Crippen LogP contribution in [0, 0.1) is 29.0 Å². The monoisotopic (exact) mass is 476 g/mol. The molecule has 1 aliphatic heterocycles. The van der Waals surface area contributed by atoms with Crippen LogP contribution < -0.4 is 10.6 Å². The Morgan fingerprint density at radius 3 is 2.26 bits per heavy atom. The molecule has 2 heterocycles. The van der Waals surface area contributed by atoms with Gasteiger partial charge in [0.2, 0.25) is 0 Å². The van der Waals surface area contributed by atoms with Crippen molar-refractivity contribution in [2.75, 3.05) is 11.9 Å². The first-order valence-electron chi connectivity index (χ1n) is 12.1. The Hall–Kier alpha value is -2.58. The van der Waals surface area contributed by atoms with Gasteiger partial charge in [0, 0.05) is 19.0 Å². The molecule has 5 aliphatic rings. The van der Waals surface area contributed by atoms with Gasteiger partial charge in [-0.25, -0.2) is 9.07 Å². The molecule has 0 radical (unpaired) electrons. The summed E-state index contributed by atoms with van der Waals surface area (Å²) in [7, 11) is 0. The Morgan fingerprint density at radius 1 is 1.06 bits per heavy atom. The topological polar surface area (TPSA) is 59.0 Å². The van der Waals surface area contributed by atoms with Crippen LogP contribution in [0.15, 0.2) is 30.3 Å². The average molecular weight is 477 g/mol. The summed E-state index contributed by atoms with van der Waals surface area (Å²) in [6, 6.07) is 4.27. The number of nitrogens with zero attached hydrogens (tertiary/aromatic N) is 2. The third kappa shape index (κ3) is 3.86. The zero-order valence-corrected chi connectivity index (χ0v) is 18.7. The molecule has 4 saturated carbocycles. The van der Waals surface area contributed by atoms with Crippen molar-refractivity contribution >= 4 is 11.7 Å². The lowest BCUT2D eigenvalue weighted by Crippen LogP contribution is -2.51. The highest BCUT2D eigenvalue weighted by atomic mass is 19.4. The molecule has 0 spiro atoms. The number of aromatic nitrogens is 2. The van der Waals surface area contributed by atoms with Crippen LogP contribution in [0.1, 0.15) is 73.1 Å². The summed E-state index contributed by atoms with van der Waals surface area (Å²) in [5, 5.41) is 10.1. The molecule has 9 heteroatoms. The first-order valence-corrected chi connectivity index (χ1v) is 12.1. The first-order chi connectivity index (χ1) is 16.2. The van der Waals surface area contributed by atoms with Gasteiger partial charge in [0.1, 0.15) is 11.6 Å². The van der Waals surface area contributed by atoms with E-state index in [1.54, 1.807) is 0 Å². The number of rotatable bonds is 4. The maximum Gasteiger partial charge on any atom is 0.410 e. The number of carbonyl (C=O) groups is 1. The summed E-state index contributed by atoms with van der Waals surface area (Å²) in [5.41, 5.74) is 0.668. The van der Waals surface area contributed by atoms with Crippen molar-refractivity contribution in [3.05, 3.63) is 47.4 Å². The number of benzene rings is 1. The predicted octanol–water partition coefficient (Wildman–Crippen LogP) is 5.63. The number of hydrogen-bond acceptors (Lipinski definition) is 3. The molecule has 4 aliphatic carbocycles. The molecule has 0 saturated heterocycles. The standard InChI is InChI=1S/C25H28F4N4O/c26-18-3-1-17(2-4-18)19-8-21(25(27,28)29)33-22(31-19)9-20(32-33)23(34)30-13-24-10-14-5-15(11-24)7-16(6-14)12-24/h1-4,9,14-16,19,21,31H,5-8,10-13H2,(H,30,34)/t14?,15?,16?,19-,21+,24?/m0/s1. The highest BCUT2D eigenvalue weighted by Crippen LogP contribution is 2.59. The first kappa shape index (κ1) is 21.9. The number of fused-ring (bicyclic) bond motifs is 1. The summed E-state index contributed by atoms with van der Waals surface area (Å²) < 4.78 is 55.9. The Bertz CT molecular complexity index is 1060. The van der Waals surface area contributed by atoms with Crippen LogP contribution >= 0.6 is 0 Å². The normalized spacial score (nSPS) is 33.9. The van der Waals surface area contributed by atoms with Crippen molar-refractivity contribution < 1.29 is 22.4 Å². The third-order valence-electron chi connectivity index (χ3n) is 8.48. The number of alkyl halides is 3. The summed E-state index contributed by atoms with van der Waals surface area (Å²) >= 11 is 0. The van der Waals surface area contributed by atoms with Gasteiger partial charge in [0.05, 0.1) is 6.04 Å².